The van der Waals surface area contributed by atoms with E-state index < -0.39 is 0 Å². The standard InChI is InChI=1S/C19H20FNO3/c1-23-15-9-10-16(17(11-15)24-2)21-19(22)18(12-3-4-12)13-5-7-14(20)8-6-13/h5-12,18H,3-4H2,1-2H3,(H,21,22). The number of rotatable bonds is 6. The molecule has 4 nitrogen and oxygen atoms in total. The SMILES string of the molecule is COc1ccc(NC(=O)C(c2ccc(F)cc2)C2CC2)c(OC)c1. The van der Waals surface area contributed by atoms with E-state index in [1.54, 1.807) is 44.6 Å². The van der Waals surface area contributed by atoms with Crippen LogP contribution in [-0.2, 0) is 4.79 Å². The molecule has 1 atom stereocenters. The fourth-order valence-electron chi connectivity index (χ4n) is 2.85. The van der Waals surface area contributed by atoms with Crippen LogP contribution in [-0.4, -0.2) is 20.1 Å². The maximum atomic E-state index is 13.2. The Kier molecular flexibility index (Phi) is 4.69. The summed E-state index contributed by atoms with van der Waals surface area (Å²) in [7, 11) is 3.12. The summed E-state index contributed by atoms with van der Waals surface area (Å²) in [5.74, 6) is 0.814. The quantitative estimate of drug-likeness (QED) is 0.872. The van der Waals surface area contributed by atoms with Gasteiger partial charge in [-0.2, -0.15) is 0 Å². The number of hydrogen-bond donors (Lipinski definition) is 1. The number of carbonyl (C=O) groups is 1. The lowest BCUT2D eigenvalue weighted by Crippen LogP contribution is -2.23. The van der Waals surface area contributed by atoms with Crippen molar-refractivity contribution in [2.45, 2.75) is 18.8 Å². The number of hydrogen-bond acceptors (Lipinski definition) is 3. The summed E-state index contributed by atoms with van der Waals surface area (Å²) in [6.07, 6.45) is 2.02. The molecule has 1 aliphatic carbocycles. The van der Waals surface area contributed by atoms with Gasteiger partial charge in [0.05, 0.1) is 25.8 Å². The highest BCUT2D eigenvalue weighted by atomic mass is 19.1. The lowest BCUT2D eigenvalue weighted by molar-refractivity contribution is -0.118. The average molecular weight is 329 g/mol. The van der Waals surface area contributed by atoms with Crippen LogP contribution < -0.4 is 14.8 Å². The van der Waals surface area contributed by atoms with Crippen molar-refractivity contribution in [3.05, 3.63) is 53.8 Å². The van der Waals surface area contributed by atoms with Gasteiger partial charge in [-0.1, -0.05) is 12.1 Å². The zero-order chi connectivity index (χ0) is 17.1. The highest BCUT2D eigenvalue weighted by molar-refractivity contribution is 5.97. The van der Waals surface area contributed by atoms with Crippen molar-refractivity contribution >= 4 is 11.6 Å². The fourth-order valence-corrected chi connectivity index (χ4v) is 2.85. The summed E-state index contributed by atoms with van der Waals surface area (Å²) in [6.45, 7) is 0. The van der Waals surface area contributed by atoms with Crippen molar-refractivity contribution in [2.24, 2.45) is 5.92 Å². The molecule has 0 aliphatic heterocycles. The van der Waals surface area contributed by atoms with Gasteiger partial charge in [0.2, 0.25) is 5.91 Å². The third-order valence-electron chi connectivity index (χ3n) is 4.27. The van der Waals surface area contributed by atoms with Crippen LogP contribution in [0.4, 0.5) is 10.1 Å². The van der Waals surface area contributed by atoms with E-state index in [0.717, 1.165) is 18.4 Å². The van der Waals surface area contributed by atoms with Gasteiger partial charge < -0.3 is 14.8 Å². The summed E-state index contributed by atoms with van der Waals surface area (Å²) in [5, 5.41) is 2.93. The van der Waals surface area contributed by atoms with Crippen LogP contribution in [0.1, 0.15) is 24.3 Å². The molecule has 1 unspecified atom stereocenters. The Morgan fingerprint density at radius 3 is 2.42 bits per heavy atom. The van der Waals surface area contributed by atoms with Crippen molar-refractivity contribution in [3.8, 4) is 11.5 Å². The van der Waals surface area contributed by atoms with E-state index in [0.29, 0.717) is 23.1 Å². The number of ether oxygens (including phenoxy) is 2. The fraction of sp³-hybridized carbons (Fsp3) is 0.316. The number of methoxy groups -OCH3 is 2. The van der Waals surface area contributed by atoms with Crippen LogP contribution in [0.5, 0.6) is 11.5 Å². The first-order valence-corrected chi connectivity index (χ1v) is 7.90. The smallest absolute Gasteiger partial charge is 0.232 e. The second-order valence-electron chi connectivity index (χ2n) is 5.92. The van der Waals surface area contributed by atoms with Crippen LogP contribution in [0.2, 0.25) is 0 Å². The number of anilines is 1. The minimum atomic E-state index is -0.300. The van der Waals surface area contributed by atoms with Gasteiger partial charge in [0, 0.05) is 6.07 Å². The number of carbonyl (C=O) groups excluding carboxylic acids is 1. The van der Waals surface area contributed by atoms with E-state index in [1.807, 2.05) is 0 Å². The molecule has 24 heavy (non-hydrogen) atoms. The molecule has 1 saturated carbocycles. The van der Waals surface area contributed by atoms with Crippen molar-refractivity contribution in [3.63, 3.8) is 0 Å². The zero-order valence-corrected chi connectivity index (χ0v) is 13.7. The van der Waals surface area contributed by atoms with Gasteiger partial charge in [-0.05, 0) is 48.6 Å². The molecular weight excluding hydrogens is 309 g/mol. The summed E-state index contributed by atoms with van der Waals surface area (Å²) in [4.78, 5) is 12.8. The van der Waals surface area contributed by atoms with Gasteiger partial charge in [-0.15, -0.1) is 0 Å². The molecule has 5 heteroatoms. The Hall–Kier alpha value is -2.56. The molecule has 0 aromatic heterocycles. The molecule has 1 fully saturated rings. The Bertz CT molecular complexity index is 726. The molecule has 126 valence electrons. The molecular formula is C19H20FNO3. The number of benzene rings is 2. The summed E-state index contributed by atoms with van der Waals surface area (Å²) in [6, 6.07) is 11.4. The molecule has 2 aromatic carbocycles. The van der Waals surface area contributed by atoms with Gasteiger partial charge in [0.25, 0.3) is 0 Å². The maximum absolute atomic E-state index is 13.2. The topological polar surface area (TPSA) is 47.6 Å². The Morgan fingerprint density at radius 2 is 1.83 bits per heavy atom. The van der Waals surface area contributed by atoms with E-state index in [4.69, 9.17) is 9.47 Å². The van der Waals surface area contributed by atoms with Crippen molar-refractivity contribution in [1.82, 2.24) is 0 Å². The van der Waals surface area contributed by atoms with E-state index in [2.05, 4.69) is 5.32 Å². The van der Waals surface area contributed by atoms with E-state index in [-0.39, 0.29) is 17.6 Å². The summed E-state index contributed by atoms with van der Waals surface area (Å²) in [5.41, 5.74) is 1.43. The molecule has 1 amide bonds. The van der Waals surface area contributed by atoms with Crippen molar-refractivity contribution in [1.29, 1.82) is 0 Å². The van der Waals surface area contributed by atoms with E-state index >= 15 is 0 Å². The highest BCUT2D eigenvalue weighted by Gasteiger charge is 2.37. The Morgan fingerprint density at radius 1 is 1.12 bits per heavy atom. The van der Waals surface area contributed by atoms with Crippen LogP contribution >= 0.6 is 0 Å². The van der Waals surface area contributed by atoms with Crippen LogP contribution in [0.15, 0.2) is 42.5 Å². The van der Waals surface area contributed by atoms with Crippen molar-refractivity contribution in [2.75, 3.05) is 19.5 Å². The molecule has 1 N–H and O–H groups in total. The first-order chi connectivity index (χ1) is 11.6. The second-order valence-corrected chi connectivity index (χ2v) is 5.92. The molecule has 0 spiro atoms. The molecule has 3 rings (SSSR count). The molecule has 0 radical (unpaired) electrons. The van der Waals surface area contributed by atoms with Gasteiger partial charge in [-0.25, -0.2) is 4.39 Å². The lowest BCUT2D eigenvalue weighted by atomic mass is 9.93. The third-order valence-corrected chi connectivity index (χ3v) is 4.27. The molecule has 0 bridgehead atoms. The molecule has 0 saturated heterocycles. The number of halogens is 1. The summed E-state index contributed by atoms with van der Waals surface area (Å²) < 4.78 is 23.6. The number of amides is 1. The largest absolute Gasteiger partial charge is 0.497 e. The Labute approximate surface area is 140 Å². The lowest BCUT2D eigenvalue weighted by Gasteiger charge is -2.18. The van der Waals surface area contributed by atoms with E-state index in [9.17, 15) is 9.18 Å². The zero-order valence-electron chi connectivity index (χ0n) is 13.7. The maximum Gasteiger partial charge on any atom is 0.232 e. The minimum Gasteiger partial charge on any atom is -0.497 e. The van der Waals surface area contributed by atoms with Gasteiger partial charge in [-0.3, -0.25) is 4.79 Å². The first kappa shape index (κ1) is 16.3. The normalized spacial score (nSPS) is 14.8. The molecule has 0 heterocycles. The predicted octanol–water partition coefficient (Wildman–Crippen LogP) is 3.98. The predicted molar refractivity (Wildman–Crippen MR) is 90.0 cm³/mol. The molecule has 1 aliphatic rings. The minimum absolute atomic E-state index is 0.104. The second kappa shape index (κ2) is 6.91. The van der Waals surface area contributed by atoms with Crippen LogP contribution in [0.3, 0.4) is 0 Å². The highest BCUT2D eigenvalue weighted by Crippen LogP contribution is 2.43. The summed E-state index contributed by atoms with van der Waals surface area (Å²) >= 11 is 0. The monoisotopic (exact) mass is 329 g/mol. The first-order valence-electron chi connectivity index (χ1n) is 7.90. The molecule has 2 aromatic rings. The van der Waals surface area contributed by atoms with E-state index in [1.165, 1.54) is 12.1 Å². The van der Waals surface area contributed by atoms with Crippen molar-refractivity contribution < 1.29 is 18.7 Å². The van der Waals surface area contributed by atoms with Crippen LogP contribution in [0, 0.1) is 11.7 Å². The Balaban J connectivity index is 1.83. The van der Waals surface area contributed by atoms with Gasteiger partial charge in [0.1, 0.15) is 17.3 Å². The number of nitrogens with one attached hydrogen (secondary N) is 1. The average Bonchev–Trinajstić information content (AvgIpc) is 3.42. The van der Waals surface area contributed by atoms with Crippen LogP contribution in [0.25, 0.3) is 0 Å². The van der Waals surface area contributed by atoms with Gasteiger partial charge in [0.15, 0.2) is 0 Å². The van der Waals surface area contributed by atoms with Gasteiger partial charge >= 0.3 is 0 Å². The third kappa shape index (κ3) is 3.50.